The first-order valence-corrected chi connectivity index (χ1v) is 6.65. The minimum atomic E-state index is 0.525. The first-order chi connectivity index (χ1) is 7.85. The van der Waals surface area contributed by atoms with Gasteiger partial charge >= 0.3 is 0 Å². The number of unbranched alkanes of at least 4 members (excludes halogenated alkanes) is 2. The van der Waals surface area contributed by atoms with Crippen LogP contribution in [0.4, 0.5) is 0 Å². The fraction of sp³-hybridized carbons (Fsp3) is 1.00. The van der Waals surface area contributed by atoms with Crippen LogP contribution in [0.5, 0.6) is 0 Å². The van der Waals surface area contributed by atoms with E-state index < -0.39 is 0 Å². The van der Waals surface area contributed by atoms with Gasteiger partial charge in [0.1, 0.15) is 0 Å². The van der Waals surface area contributed by atoms with Crippen LogP contribution in [0.3, 0.4) is 0 Å². The van der Waals surface area contributed by atoms with Gasteiger partial charge in [0.15, 0.2) is 0 Å². The Morgan fingerprint density at radius 2 is 1.94 bits per heavy atom. The maximum Gasteiger partial charge on any atom is 0.0615 e. The molecule has 0 spiro atoms. The van der Waals surface area contributed by atoms with E-state index in [1.54, 1.807) is 7.11 Å². The fourth-order valence-corrected chi connectivity index (χ4v) is 1.68. The molecular weight excluding hydrogens is 202 g/mol. The molecule has 1 atom stereocenters. The molecule has 3 nitrogen and oxygen atoms in total. The third-order valence-corrected chi connectivity index (χ3v) is 2.63. The molecule has 0 saturated heterocycles. The average molecular weight is 231 g/mol. The molecule has 0 heterocycles. The summed E-state index contributed by atoms with van der Waals surface area (Å²) in [5.74, 6) is 0. The summed E-state index contributed by atoms with van der Waals surface area (Å²) in [4.78, 5) is 0. The highest BCUT2D eigenvalue weighted by Crippen LogP contribution is 2.01. The number of ether oxygens (including phenoxy) is 2. The zero-order valence-electron chi connectivity index (χ0n) is 11.3. The van der Waals surface area contributed by atoms with Gasteiger partial charge < -0.3 is 14.8 Å². The second kappa shape index (κ2) is 12.9. The van der Waals surface area contributed by atoms with Crippen LogP contribution in [0.1, 0.15) is 46.0 Å². The van der Waals surface area contributed by atoms with Crippen molar-refractivity contribution in [2.45, 2.75) is 52.0 Å². The van der Waals surface area contributed by atoms with Crippen molar-refractivity contribution < 1.29 is 9.47 Å². The molecule has 0 aliphatic rings. The summed E-state index contributed by atoms with van der Waals surface area (Å²) >= 11 is 0. The highest BCUT2D eigenvalue weighted by atomic mass is 16.5. The van der Waals surface area contributed by atoms with Crippen LogP contribution in [-0.2, 0) is 9.47 Å². The summed E-state index contributed by atoms with van der Waals surface area (Å²) in [5, 5.41) is 3.55. The van der Waals surface area contributed by atoms with Crippen LogP contribution >= 0.6 is 0 Å². The lowest BCUT2D eigenvalue weighted by Gasteiger charge is -2.17. The molecule has 0 saturated carbocycles. The van der Waals surface area contributed by atoms with Gasteiger partial charge in [0, 0.05) is 26.4 Å². The van der Waals surface area contributed by atoms with Crippen molar-refractivity contribution in [3.8, 4) is 0 Å². The van der Waals surface area contributed by atoms with Crippen LogP contribution in [0, 0.1) is 0 Å². The third-order valence-electron chi connectivity index (χ3n) is 2.63. The van der Waals surface area contributed by atoms with Crippen LogP contribution < -0.4 is 5.32 Å². The van der Waals surface area contributed by atoms with E-state index in [2.05, 4.69) is 12.2 Å². The molecule has 0 bridgehead atoms. The monoisotopic (exact) mass is 231 g/mol. The van der Waals surface area contributed by atoms with Gasteiger partial charge in [0.05, 0.1) is 6.61 Å². The maximum atomic E-state index is 5.30. The van der Waals surface area contributed by atoms with Crippen LogP contribution in [-0.4, -0.2) is 39.5 Å². The molecule has 0 aliphatic heterocycles. The van der Waals surface area contributed by atoms with E-state index in [0.717, 1.165) is 32.8 Å². The van der Waals surface area contributed by atoms with E-state index in [1.807, 2.05) is 6.92 Å². The molecule has 0 radical (unpaired) electrons. The first kappa shape index (κ1) is 15.9. The molecule has 0 aliphatic carbocycles. The summed E-state index contributed by atoms with van der Waals surface area (Å²) in [6, 6.07) is 0.525. The Bertz CT molecular complexity index is 131. The minimum absolute atomic E-state index is 0.525. The molecule has 16 heavy (non-hydrogen) atoms. The standard InChI is InChI=1S/C13H29NO2/c1-4-6-9-13(12-15-3)14-10-7-8-11-16-5-2/h13-14H,4-12H2,1-3H3. The van der Waals surface area contributed by atoms with E-state index in [1.165, 1.54) is 25.7 Å². The lowest BCUT2D eigenvalue weighted by Crippen LogP contribution is -2.34. The molecular formula is C13H29NO2. The van der Waals surface area contributed by atoms with E-state index in [9.17, 15) is 0 Å². The second-order valence-electron chi connectivity index (χ2n) is 4.15. The first-order valence-electron chi connectivity index (χ1n) is 6.65. The SMILES string of the molecule is CCCCC(COC)NCCCCOCC. The van der Waals surface area contributed by atoms with Gasteiger partial charge in [0.25, 0.3) is 0 Å². The van der Waals surface area contributed by atoms with Gasteiger partial charge in [-0.05, 0) is 32.7 Å². The molecule has 0 aromatic heterocycles. The molecule has 1 unspecified atom stereocenters. The van der Waals surface area contributed by atoms with Crippen LogP contribution in [0.25, 0.3) is 0 Å². The molecule has 1 N–H and O–H groups in total. The lowest BCUT2D eigenvalue weighted by atomic mass is 10.1. The van der Waals surface area contributed by atoms with Gasteiger partial charge in [-0.15, -0.1) is 0 Å². The molecule has 3 heteroatoms. The number of nitrogens with one attached hydrogen (secondary N) is 1. The summed E-state index contributed by atoms with van der Waals surface area (Å²) in [6.45, 7) is 7.89. The van der Waals surface area contributed by atoms with Gasteiger partial charge in [-0.25, -0.2) is 0 Å². The zero-order valence-corrected chi connectivity index (χ0v) is 11.3. The van der Waals surface area contributed by atoms with Crippen LogP contribution in [0.2, 0.25) is 0 Å². The molecule has 0 fully saturated rings. The van der Waals surface area contributed by atoms with Crippen molar-refractivity contribution >= 4 is 0 Å². The van der Waals surface area contributed by atoms with Gasteiger partial charge in [0.2, 0.25) is 0 Å². The molecule has 98 valence electrons. The van der Waals surface area contributed by atoms with Gasteiger partial charge in [-0.2, -0.15) is 0 Å². The summed E-state index contributed by atoms with van der Waals surface area (Å²) < 4.78 is 10.5. The number of methoxy groups -OCH3 is 1. The summed E-state index contributed by atoms with van der Waals surface area (Å²) in [6.07, 6.45) is 6.09. The minimum Gasteiger partial charge on any atom is -0.383 e. The zero-order chi connectivity index (χ0) is 12.1. The van der Waals surface area contributed by atoms with E-state index in [0.29, 0.717) is 6.04 Å². The van der Waals surface area contributed by atoms with Crippen molar-refractivity contribution in [1.82, 2.24) is 5.32 Å². The number of rotatable bonds is 12. The van der Waals surface area contributed by atoms with Gasteiger partial charge in [-0.3, -0.25) is 0 Å². The summed E-state index contributed by atoms with van der Waals surface area (Å²) in [5.41, 5.74) is 0. The number of hydrogen-bond acceptors (Lipinski definition) is 3. The van der Waals surface area contributed by atoms with Gasteiger partial charge in [-0.1, -0.05) is 19.8 Å². The summed E-state index contributed by atoms with van der Waals surface area (Å²) in [7, 11) is 1.77. The topological polar surface area (TPSA) is 30.5 Å². The van der Waals surface area contributed by atoms with Crippen molar-refractivity contribution in [3.63, 3.8) is 0 Å². The lowest BCUT2D eigenvalue weighted by molar-refractivity contribution is 0.140. The molecule has 0 aromatic carbocycles. The highest BCUT2D eigenvalue weighted by Gasteiger charge is 2.05. The normalized spacial score (nSPS) is 12.9. The highest BCUT2D eigenvalue weighted by molar-refractivity contribution is 4.65. The average Bonchev–Trinajstić information content (AvgIpc) is 2.30. The predicted octanol–water partition coefficient (Wildman–Crippen LogP) is 2.60. The molecule has 0 amide bonds. The Morgan fingerprint density at radius 3 is 2.56 bits per heavy atom. The maximum absolute atomic E-state index is 5.30. The van der Waals surface area contributed by atoms with E-state index in [-0.39, 0.29) is 0 Å². The van der Waals surface area contributed by atoms with E-state index >= 15 is 0 Å². The molecule has 0 rings (SSSR count). The number of hydrogen-bond donors (Lipinski definition) is 1. The van der Waals surface area contributed by atoms with Crippen molar-refractivity contribution in [2.24, 2.45) is 0 Å². The Hall–Kier alpha value is -0.120. The second-order valence-corrected chi connectivity index (χ2v) is 4.15. The largest absolute Gasteiger partial charge is 0.383 e. The quantitative estimate of drug-likeness (QED) is 0.524. The third kappa shape index (κ3) is 10.4. The Kier molecular flexibility index (Phi) is 12.9. The van der Waals surface area contributed by atoms with Crippen molar-refractivity contribution in [3.05, 3.63) is 0 Å². The Balaban J connectivity index is 3.36. The smallest absolute Gasteiger partial charge is 0.0615 e. The van der Waals surface area contributed by atoms with Crippen LogP contribution in [0.15, 0.2) is 0 Å². The van der Waals surface area contributed by atoms with Crippen molar-refractivity contribution in [2.75, 3.05) is 33.5 Å². The van der Waals surface area contributed by atoms with Crippen molar-refractivity contribution in [1.29, 1.82) is 0 Å². The Labute approximate surface area is 101 Å². The van der Waals surface area contributed by atoms with E-state index in [4.69, 9.17) is 9.47 Å². The predicted molar refractivity (Wildman–Crippen MR) is 68.9 cm³/mol. The Morgan fingerprint density at radius 1 is 1.12 bits per heavy atom. The molecule has 0 aromatic rings. The fourth-order valence-electron chi connectivity index (χ4n) is 1.68.